The van der Waals surface area contributed by atoms with Crippen molar-refractivity contribution in [1.82, 2.24) is 9.55 Å². The van der Waals surface area contributed by atoms with Crippen LogP contribution in [-0.4, -0.2) is 20.6 Å². The van der Waals surface area contributed by atoms with E-state index in [2.05, 4.69) is 4.98 Å². The minimum Gasteiger partial charge on any atom is -0.477 e. The minimum absolute atomic E-state index is 0.180. The molecule has 0 aliphatic rings. The quantitative estimate of drug-likeness (QED) is 0.739. The molecule has 0 fully saturated rings. The Morgan fingerprint density at radius 1 is 1.53 bits per heavy atom. The van der Waals surface area contributed by atoms with E-state index in [1.165, 1.54) is 12.4 Å². The van der Waals surface area contributed by atoms with Crippen molar-refractivity contribution in [2.75, 3.05) is 0 Å². The molecule has 5 heteroatoms. The van der Waals surface area contributed by atoms with Crippen molar-refractivity contribution in [1.29, 1.82) is 0 Å². The van der Waals surface area contributed by atoms with Crippen LogP contribution in [0.5, 0.6) is 0 Å². The van der Waals surface area contributed by atoms with E-state index in [1.807, 2.05) is 0 Å². The topological polar surface area (TPSA) is 72.2 Å². The van der Waals surface area contributed by atoms with E-state index < -0.39 is 11.4 Å². The summed E-state index contributed by atoms with van der Waals surface area (Å²) < 4.78 is 1.58. The van der Waals surface area contributed by atoms with Gasteiger partial charge in [-0.25, -0.2) is 4.79 Å². The molecule has 0 saturated heterocycles. The molecule has 0 aliphatic carbocycles. The molecule has 2 aromatic rings. The average Bonchev–Trinajstić information content (AvgIpc) is 2.23. The third-order valence-corrected chi connectivity index (χ3v) is 2.18. The number of pyridine rings is 2. The molecular weight excluding hydrogens is 196 g/mol. The average molecular weight is 204 g/mol. The smallest absolute Gasteiger partial charge is 0.341 e. The summed E-state index contributed by atoms with van der Waals surface area (Å²) in [6.07, 6.45) is 2.77. The molecule has 2 rings (SSSR count). The first-order valence-electron chi connectivity index (χ1n) is 4.29. The Hall–Kier alpha value is -2.17. The maximum Gasteiger partial charge on any atom is 0.341 e. The lowest BCUT2D eigenvalue weighted by Gasteiger charge is -2.04. The number of aromatic nitrogens is 2. The molecule has 0 aliphatic heterocycles. The third kappa shape index (κ3) is 1.38. The zero-order valence-corrected chi connectivity index (χ0v) is 7.97. The van der Waals surface area contributed by atoms with Crippen molar-refractivity contribution in [3.8, 4) is 0 Å². The Balaban J connectivity index is 2.97. The lowest BCUT2D eigenvalue weighted by molar-refractivity contribution is 0.0695. The van der Waals surface area contributed by atoms with Crippen LogP contribution in [-0.2, 0) is 7.05 Å². The Bertz CT molecular complexity index is 601. The van der Waals surface area contributed by atoms with Gasteiger partial charge in [0.05, 0.1) is 5.52 Å². The molecule has 15 heavy (non-hydrogen) atoms. The highest BCUT2D eigenvalue weighted by Crippen LogP contribution is 2.07. The maximum atomic E-state index is 11.7. The second kappa shape index (κ2) is 3.20. The monoisotopic (exact) mass is 204 g/mol. The lowest BCUT2D eigenvalue weighted by atomic mass is 10.2. The van der Waals surface area contributed by atoms with Crippen LogP contribution < -0.4 is 5.43 Å². The van der Waals surface area contributed by atoms with Gasteiger partial charge in [-0.05, 0) is 12.1 Å². The molecule has 0 saturated carbocycles. The van der Waals surface area contributed by atoms with E-state index in [9.17, 15) is 9.59 Å². The fourth-order valence-electron chi connectivity index (χ4n) is 1.46. The Morgan fingerprint density at radius 3 is 2.93 bits per heavy atom. The van der Waals surface area contributed by atoms with Gasteiger partial charge in [0.1, 0.15) is 11.1 Å². The summed E-state index contributed by atoms with van der Waals surface area (Å²) in [7, 11) is 1.68. The van der Waals surface area contributed by atoms with Gasteiger partial charge < -0.3 is 9.67 Å². The summed E-state index contributed by atoms with van der Waals surface area (Å²) in [6.45, 7) is 0. The summed E-state index contributed by atoms with van der Waals surface area (Å²) in [5.74, 6) is -1.23. The number of nitrogens with zero attached hydrogens (tertiary/aromatic N) is 2. The molecule has 2 heterocycles. The first-order chi connectivity index (χ1) is 7.11. The number of rotatable bonds is 1. The summed E-state index contributed by atoms with van der Waals surface area (Å²) >= 11 is 0. The standard InChI is InChI=1S/C10H8N2O3/c1-12-5-6(10(14)15)9(13)8-7(12)3-2-4-11-8/h2-5H,1H3,(H,14,15). The van der Waals surface area contributed by atoms with Crippen LogP contribution in [0, 0.1) is 0 Å². The van der Waals surface area contributed by atoms with Gasteiger partial charge in [-0.2, -0.15) is 0 Å². The molecule has 2 aromatic heterocycles. The zero-order chi connectivity index (χ0) is 11.0. The summed E-state index contributed by atoms with van der Waals surface area (Å²) in [4.78, 5) is 26.3. The van der Waals surface area contributed by atoms with E-state index in [1.54, 1.807) is 23.7 Å². The molecular formula is C10H8N2O3. The molecule has 5 nitrogen and oxygen atoms in total. The van der Waals surface area contributed by atoms with Crippen LogP contribution in [0.4, 0.5) is 0 Å². The van der Waals surface area contributed by atoms with Crippen molar-refractivity contribution in [2.24, 2.45) is 7.05 Å². The molecule has 0 spiro atoms. The highest BCUT2D eigenvalue weighted by atomic mass is 16.4. The highest BCUT2D eigenvalue weighted by Gasteiger charge is 2.13. The number of carboxylic acid groups (broad SMARTS) is 1. The molecule has 76 valence electrons. The number of aromatic carboxylic acids is 1. The van der Waals surface area contributed by atoms with Gasteiger partial charge in [-0.15, -0.1) is 0 Å². The predicted molar refractivity (Wildman–Crippen MR) is 53.9 cm³/mol. The van der Waals surface area contributed by atoms with Crippen LogP contribution in [0.2, 0.25) is 0 Å². The van der Waals surface area contributed by atoms with Gasteiger partial charge in [-0.3, -0.25) is 9.78 Å². The van der Waals surface area contributed by atoms with Gasteiger partial charge in [0.2, 0.25) is 5.43 Å². The van der Waals surface area contributed by atoms with Gasteiger partial charge >= 0.3 is 5.97 Å². The Morgan fingerprint density at radius 2 is 2.27 bits per heavy atom. The lowest BCUT2D eigenvalue weighted by Crippen LogP contribution is -2.18. The van der Waals surface area contributed by atoms with E-state index in [4.69, 9.17) is 5.11 Å². The SMILES string of the molecule is Cn1cc(C(=O)O)c(=O)c2ncccc21. The number of fused-ring (bicyclic) bond motifs is 1. The van der Waals surface area contributed by atoms with Crippen LogP contribution in [0.25, 0.3) is 11.0 Å². The number of hydrogen-bond acceptors (Lipinski definition) is 3. The molecule has 0 bridgehead atoms. The summed E-state index contributed by atoms with van der Waals surface area (Å²) in [6, 6.07) is 3.41. The molecule has 1 N–H and O–H groups in total. The first kappa shape index (κ1) is 9.39. The Kier molecular flexibility index (Phi) is 2.00. The molecule has 0 aromatic carbocycles. The van der Waals surface area contributed by atoms with Gasteiger partial charge in [-0.1, -0.05) is 0 Å². The summed E-state index contributed by atoms with van der Waals surface area (Å²) in [5, 5.41) is 8.81. The fourth-order valence-corrected chi connectivity index (χ4v) is 1.46. The molecule has 0 atom stereocenters. The molecule has 0 amide bonds. The molecule has 0 unspecified atom stereocenters. The normalized spacial score (nSPS) is 10.5. The van der Waals surface area contributed by atoms with Crippen LogP contribution in [0.1, 0.15) is 10.4 Å². The second-order valence-corrected chi connectivity index (χ2v) is 3.16. The van der Waals surface area contributed by atoms with Gasteiger partial charge in [0, 0.05) is 19.4 Å². The van der Waals surface area contributed by atoms with E-state index in [0.29, 0.717) is 5.52 Å². The summed E-state index contributed by atoms with van der Waals surface area (Å²) in [5.41, 5.74) is -0.00713. The van der Waals surface area contributed by atoms with E-state index in [-0.39, 0.29) is 11.1 Å². The number of hydrogen-bond donors (Lipinski definition) is 1. The van der Waals surface area contributed by atoms with E-state index >= 15 is 0 Å². The highest BCUT2D eigenvalue weighted by molar-refractivity contribution is 5.91. The first-order valence-corrected chi connectivity index (χ1v) is 4.29. The Labute approximate surface area is 84.6 Å². The van der Waals surface area contributed by atoms with Crippen molar-refractivity contribution < 1.29 is 9.90 Å². The fraction of sp³-hybridized carbons (Fsp3) is 0.100. The van der Waals surface area contributed by atoms with Crippen molar-refractivity contribution in [3.05, 3.63) is 40.3 Å². The van der Waals surface area contributed by atoms with Gasteiger partial charge in [0.25, 0.3) is 0 Å². The second-order valence-electron chi connectivity index (χ2n) is 3.16. The van der Waals surface area contributed by atoms with Crippen LogP contribution in [0.15, 0.2) is 29.3 Å². The van der Waals surface area contributed by atoms with Gasteiger partial charge in [0.15, 0.2) is 0 Å². The zero-order valence-electron chi connectivity index (χ0n) is 7.97. The predicted octanol–water partition coefficient (Wildman–Crippen LogP) is 0.632. The van der Waals surface area contributed by atoms with Crippen molar-refractivity contribution in [3.63, 3.8) is 0 Å². The van der Waals surface area contributed by atoms with Crippen LogP contribution in [0.3, 0.4) is 0 Å². The molecule has 0 radical (unpaired) electrons. The van der Waals surface area contributed by atoms with Crippen LogP contribution >= 0.6 is 0 Å². The maximum absolute atomic E-state index is 11.7. The number of carboxylic acids is 1. The largest absolute Gasteiger partial charge is 0.477 e. The third-order valence-electron chi connectivity index (χ3n) is 2.18. The number of carbonyl (C=O) groups is 1. The van der Waals surface area contributed by atoms with E-state index in [0.717, 1.165) is 0 Å². The van der Waals surface area contributed by atoms with Crippen molar-refractivity contribution >= 4 is 17.0 Å². The minimum atomic E-state index is -1.23. The van der Waals surface area contributed by atoms with Crippen molar-refractivity contribution in [2.45, 2.75) is 0 Å². The number of aryl methyl sites for hydroxylation is 1.